The van der Waals surface area contributed by atoms with E-state index in [9.17, 15) is 10.0 Å². The minimum atomic E-state index is -0.134. The Hall–Kier alpha value is -1.32. The number of ether oxygens (including phenoxy) is 1. The maximum Gasteiger partial charge on any atom is 0.302 e. The quantitative estimate of drug-likeness (QED) is 0.131. The predicted octanol–water partition coefficient (Wildman–Crippen LogP) is 8.57. The van der Waals surface area contributed by atoms with Crippen LogP contribution in [0.25, 0.3) is 0 Å². The number of hydrogen-bond acceptors (Lipinski definition) is 4. The third-order valence-corrected chi connectivity index (χ3v) is 12.4. The molecule has 36 heavy (non-hydrogen) atoms. The molecular formula is C32H53NO3. The Morgan fingerprint density at radius 2 is 1.69 bits per heavy atom. The van der Waals surface area contributed by atoms with Gasteiger partial charge in [-0.3, -0.25) is 4.79 Å². The molecule has 1 N–H and O–H groups in total. The van der Waals surface area contributed by atoms with Gasteiger partial charge in [0.2, 0.25) is 0 Å². The zero-order valence-electron chi connectivity index (χ0n) is 24.7. The van der Waals surface area contributed by atoms with E-state index < -0.39 is 0 Å². The molecule has 0 amide bonds. The van der Waals surface area contributed by atoms with E-state index in [2.05, 4.69) is 60.5 Å². The van der Waals surface area contributed by atoms with Crippen LogP contribution in [0.2, 0.25) is 0 Å². The molecule has 0 aromatic rings. The van der Waals surface area contributed by atoms with Crippen LogP contribution in [0.15, 0.2) is 16.3 Å². The fourth-order valence-corrected chi connectivity index (χ4v) is 10.1. The Labute approximate surface area is 220 Å². The molecule has 204 valence electrons. The first-order valence-electron chi connectivity index (χ1n) is 14.8. The van der Waals surface area contributed by atoms with Crippen LogP contribution in [-0.4, -0.2) is 23.0 Å². The first-order chi connectivity index (χ1) is 16.7. The van der Waals surface area contributed by atoms with Gasteiger partial charge >= 0.3 is 5.97 Å². The molecule has 2 saturated carbocycles. The molecule has 0 aliphatic heterocycles. The van der Waals surface area contributed by atoms with Gasteiger partial charge in [-0.25, -0.2) is 0 Å². The Balaban J connectivity index is 1.60. The van der Waals surface area contributed by atoms with Gasteiger partial charge in [0.05, 0.1) is 5.71 Å². The second kappa shape index (κ2) is 9.45. The summed E-state index contributed by atoms with van der Waals surface area (Å²) < 4.78 is 5.87. The van der Waals surface area contributed by atoms with Gasteiger partial charge in [0.25, 0.3) is 0 Å². The number of esters is 1. The average Bonchev–Trinajstić information content (AvgIpc) is 3.07. The van der Waals surface area contributed by atoms with E-state index in [1.165, 1.54) is 38.5 Å². The van der Waals surface area contributed by atoms with Crippen LogP contribution < -0.4 is 0 Å². The minimum absolute atomic E-state index is 0.00790. The normalized spacial score (nSPS) is 40.9. The molecule has 4 aliphatic rings. The Kier molecular flexibility index (Phi) is 7.28. The molecule has 2 fully saturated rings. The van der Waals surface area contributed by atoms with Crippen molar-refractivity contribution in [2.75, 3.05) is 0 Å². The van der Waals surface area contributed by atoms with Gasteiger partial charge in [-0.05, 0) is 104 Å². The van der Waals surface area contributed by atoms with E-state index in [0.29, 0.717) is 23.2 Å². The van der Waals surface area contributed by atoms with Gasteiger partial charge in [0.1, 0.15) is 6.10 Å². The van der Waals surface area contributed by atoms with Crippen molar-refractivity contribution in [3.05, 3.63) is 11.1 Å². The van der Waals surface area contributed by atoms with E-state index in [-0.39, 0.29) is 28.3 Å². The highest BCUT2D eigenvalue weighted by molar-refractivity contribution is 5.85. The Morgan fingerprint density at radius 3 is 2.31 bits per heavy atom. The maximum atomic E-state index is 11.8. The van der Waals surface area contributed by atoms with Crippen molar-refractivity contribution in [2.24, 2.45) is 50.5 Å². The number of rotatable bonds is 6. The predicted molar refractivity (Wildman–Crippen MR) is 147 cm³/mol. The van der Waals surface area contributed by atoms with Crippen molar-refractivity contribution >= 4 is 11.7 Å². The lowest BCUT2D eigenvalue weighted by atomic mass is 9.43. The van der Waals surface area contributed by atoms with Crippen LogP contribution in [0.4, 0.5) is 0 Å². The highest BCUT2D eigenvalue weighted by atomic mass is 16.5. The van der Waals surface area contributed by atoms with Crippen LogP contribution in [0.1, 0.15) is 127 Å². The molecule has 0 aromatic carbocycles. The molecule has 0 aromatic heterocycles. The van der Waals surface area contributed by atoms with Crippen LogP contribution in [0, 0.1) is 45.3 Å². The summed E-state index contributed by atoms with van der Waals surface area (Å²) >= 11 is 0. The topological polar surface area (TPSA) is 58.9 Å². The summed E-state index contributed by atoms with van der Waals surface area (Å²) in [6, 6.07) is 0. The summed E-state index contributed by atoms with van der Waals surface area (Å²) in [4.78, 5) is 11.8. The standard InChI is InChI=1S/C32H53NO3/c1-20(2)26(33-35)12-10-21(3)23-14-18-32(9)25-11-13-27-29(5,6)28(36-22(4)34)16-17-30(27,7)24(25)15-19-31(23,32)8/h20-21,23,27-28,35H,10-19H2,1-9H3. The molecule has 0 saturated heterocycles. The molecule has 0 radical (unpaired) electrons. The summed E-state index contributed by atoms with van der Waals surface area (Å²) in [6.45, 7) is 20.8. The van der Waals surface area contributed by atoms with Gasteiger partial charge < -0.3 is 9.94 Å². The van der Waals surface area contributed by atoms with Gasteiger partial charge in [-0.2, -0.15) is 0 Å². The first kappa shape index (κ1) is 27.7. The third-order valence-electron chi connectivity index (χ3n) is 12.4. The maximum absolute atomic E-state index is 11.8. The number of oxime groups is 1. The SMILES string of the molecule is CC(=O)OC1CCC2(C)C3=C(CCC2C1(C)C)C1(C)CCC(C(C)CCC(=NO)C(C)C)C1(C)CC3. The van der Waals surface area contributed by atoms with Crippen molar-refractivity contribution < 1.29 is 14.7 Å². The first-order valence-corrected chi connectivity index (χ1v) is 14.8. The number of carbonyl (C=O) groups excluding carboxylic acids is 1. The van der Waals surface area contributed by atoms with Crippen molar-refractivity contribution in [3.8, 4) is 0 Å². The molecule has 0 bridgehead atoms. The van der Waals surface area contributed by atoms with Gasteiger partial charge in [-0.15, -0.1) is 0 Å². The van der Waals surface area contributed by atoms with E-state index in [1.54, 1.807) is 12.5 Å². The number of allylic oxidation sites excluding steroid dienone is 2. The molecule has 4 aliphatic carbocycles. The number of fused-ring (bicyclic) bond motifs is 4. The van der Waals surface area contributed by atoms with Crippen molar-refractivity contribution in [2.45, 2.75) is 133 Å². The zero-order chi connectivity index (χ0) is 26.7. The van der Waals surface area contributed by atoms with E-state index in [0.717, 1.165) is 37.3 Å². The third kappa shape index (κ3) is 4.08. The highest BCUT2D eigenvalue weighted by Crippen LogP contribution is 2.72. The van der Waals surface area contributed by atoms with Gasteiger partial charge in [0, 0.05) is 12.3 Å². The summed E-state index contributed by atoms with van der Waals surface area (Å²) in [7, 11) is 0. The molecule has 7 atom stereocenters. The number of nitrogens with zero attached hydrogens (tertiary/aromatic N) is 1. The molecule has 4 rings (SSSR count). The fraction of sp³-hybridized carbons (Fsp3) is 0.875. The van der Waals surface area contributed by atoms with Crippen LogP contribution in [0.5, 0.6) is 0 Å². The lowest BCUT2D eigenvalue weighted by Gasteiger charge is -2.62. The van der Waals surface area contributed by atoms with Crippen molar-refractivity contribution in [3.63, 3.8) is 0 Å². The zero-order valence-corrected chi connectivity index (χ0v) is 24.7. The van der Waals surface area contributed by atoms with E-state index >= 15 is 0 Å². The van der Waals surface area contributed by atoms with Crippen LogP contribution >= 0.6 is 0 Å². The fourth-order valence-electron chi connectivity index (χ4n) is 10.1. The van der Waals surface area contributed by atoms with Crippen LogP contribution in [-0.2, 0) is 9.53 Å². The molecule has 0 heterocycles. The summed E-state index contributed by atoms with van der Waals surface area (Å²) in [6.07, 6.45) is 11.8. The Morgan fingerprint density at radius 1 is 1.00 bits per heavy atom. The highest BCUT2D eigenvalue weighted by Gasteiger charge is 2.63. The molecule has 4 heteroatoms. The minimum Gasteiger partial charge on any atom is -0.462 e. The molecule has 7 unspecified atom stereocenters. The second-order valence-corrected chi connectivity index (χ2v) is 14.6. The number of carbonyl (C=O) groups is 1. The lowest BCUT2D eigenvalue weighted by molar-refractivity contribution is -0.167. The van der Waals surface area contributed by atoms with E-state index in [4.69, 9.17) is 4.74 Å². The number of hydrogen-bond donors (Lipinski definition) is 1. The van der Waals surface area contributed by atoms with Crippen molar-refractivity contribution in [1.82, 2.24) is 0 Å². The molecule has 4 nitrogen and oxygen atoms in total. The molecular weight excluding hydrogens is 446 g/mol. The molecule has 0 spiro atoms. The smallest absolute Gasteiger partial charge is 0.302 e. The van der Waals surface area contributed by atoms with Crippen LogP contribution in [0.3, 0.4) is 0 Å². The van der Waals surface area contributed by atoms with Gasteiger partial charge in [0.15, 0.2) is 0 Å². The second-order valence-electron chi connectivity index (χ2n) is 14.6. The monoisotopic (exact) mass is 499 g/mol. The Bertz CT molecular complexity index is 932. The largest absolute Gasteiger partial charge is 0.462 e. The average molecular weight is 500 g/mol. The summed E-state index contributed by atoms with van der Waals surface area (Å²) in [5, 5.41) is 13.1. The lowest BCUT2D eigenvalue weighted by Crippen LogP contribution is -2.55. The van der Waals surface area contributed by atoms with Gasteiger partial charge in [-0.1, -0.05) is 71.7 Å². The summed E-state index contributed by atoms with van der Waals surface area (Å²) in [5.74, 6) is 2.11. The van der Waals surface area contributed by atoms with E-state index in [1.807, 2.05) is 5.57 Å². The summed E-state index contributed by atoms with van der Waals surface area (Å²) in [5.41, 5.74) is 5.41. The van der Waals surface area contributed by atoms with Crippen molar-refractivity contribution in [1.29, 1.82) is 0 Å².